The van der Waals surface area contributed by atoms with Gasteiger partial charge in [-0.25, -0.2) is 0 Å². The van der Waals surface area contributed by atoms with Crippen molar-refractivity contribution < 1.29 is 9.47 Å². The van der Waals surface area contributed by atoms with E-state index in [2.05, 4.69) is 114 Å². The second-order valence-corrected chi connectivity index (χ2v) is 9.07. The minimum Gasteiger partial charge on any atom is -0.497 e. The first-order chi connectivity index (χ1) is 19.2. The highest BCUT2D eigenvalue weighted by Crippen LogP contribution is 2.35. The van der Waals surface area contributed by atoms with Gasteiger partial charge in [0.15, 0.2) is 0 Å². The van der Waals surface area contributed by atoms with E-state index in [4.69, 9.17) is 9.47 Å². The fourth-order valence-electron chi connectivity index (χ4n) is 4.31. The van der Waals surface area contributed by atoms with Crippen molar-refractivity contribution >= 4 is 41.4 Å². The van der Waals surface area contributed by atoms with E-state index < -0.39 is 0 Å². The molecule has 0 unspecified atom stereocenters. The third kappa shape index (κ3) is 6.65. The number of methoxy groups -OCH3 is 2. The number of hydrogen-bond donors (Lipinski definition) is 0. The Morgan fingerprint density at radius 1 is 0.385 bits per heavy atom. The molecule has 0 aliphatic rings. The molecule has 3 heteroatoms. The van der Waals surface area contributed by atoms with Gasteiger partial charge in [0.25, 0.3) is 0 Å². The minimum absolute atomic E-state index is 0.841. The number of para-hydroxylation sites is 1. The van der Waals surface area contributed by atoms with Crippen LogP contribution in [0.25, 0.3) is 24.3 Å². The summed E-state index contributed by atoms with van der Waals surface area (Å²) in [6, 6.07) is 43.7. The maximum atomic E-state index is 5.35. The number of ether oxygens (including phenoxy) is 2. The largest absolute Gasteiger partial charge is 0.497 e. The third-order valence-electron chi connectivity index (χ3n) is 6.49. The highest BCUT2D eigenvalue weighted by Gasteiger charge is 2.12. The summed E-state index contributed by atoms with van der Waals surface area (Å²) < 4.78 is 10.6. The lowest BCUT2D eigenvalue weighted by molar-refractivity contribution is 0.414. The highest BCUT2D eigenvalue weighted by atomic mass is 16.5. The summed E-state index contributed by atoms with van der Waals surface area (Å²) in [6.45, 7) is 0. The number of nitrogens with zero attached hydrogens (tertiary/aromatic N) is 1. The molecule has 0 aliphatic carbocycles. The van der Waals surface area contributed by atoms with Gasteiger partial charge in [0.05, 0.1) is 14.2 Å². The molecule has 5 aromatic rings. The Morgan fingerprint density at radius 3 is 1.10 bits per heavy atom. The first-order valence-electron chi connectivity index (χ1n) is 12.9. The molecular formula is C36H31NO2. The second kappa shape index (κ2) is 12.5. The van der Waals surface area contributed by atoms with Gasteiger partial charge < -0.3 is 14.4 Å². The van der Waals surface area contributed by atoms with Crippen molar-refractivity contribution in [3.63, 3.8) is 0 Å². The van der Waals surface area contributed by atoms with E-state index in [-0.39, 0.29) is 0 Å². The van der Waals surface area contributed by atoms with Crippen molar-refractivity contribution in [1.29, 1.82) is 0 Å². The van der Waals surface area contributed by atoms with Gasteiger partial charge in [-0.2, -0.15) is 0 Å². The summed E-state index contributed by atoms with van der Waals surface area (Å²) in [6.07, 6.45) is 8.52. The van der Waals surface area contributed by atoms with Crippen molar-refractivity contribution in [2.24, 2.45) is 0 Å². The Morgan fingerprint density at radius 2 is 0.692 bits per heavy atom. The van der Waals surface area contributed by atoms with E-state index in [1.807, 2.05) is 42.5 Å². The number of benzene rings is 5. The monoisotopic (exact) mass is 509 g/mol. The van der Waals surface area contributed by atoms with Crippen LogP contribution in [0.4, 0.5) is 17.1 Å². The molecule has 5 rings (SSSR count). The summed E-state index contributed by atoms with van der Waals surface area (Å²) in [5.41, 5.74) is 7.87. The van der Waals surface area contributed by atoms with Crippen LogP contribution in [0.1, 0.15) is 22.3 Å². The maximum Gasteiger partial charge on any atom is 0.119 e. The second-order valence-electron chi connectivity index (χ2n) is 9.07. The summed E-state index contributed by atoms with van der Waals surface area (Å²) >= 11 is 0. The van der Waals surface area contributed by atoms with Crippen LogP contribution in [0, 0.1) is 0 Å². The van der Waals surface area contributed by atoms with E-state index >= 15 is 0 Å². The quantitative estimate of drug-likeness (QED) is 0.185. The summed E-state index contributed by atoms with van der Waals surface area (Å²) in [4.78, 5) is 2.24. The van der Waals surface area contributed by atoms with Crippen LogP contribution in [0.3, 0.4) is 0 Å². The molecule has 0 amide bonds. The van der Waals surface area contributed by atoms with Gasteiger partial charge in [-0.05, 0) is 82.9 Å². The zero-order valence-electron chi connectivity index (χ0n) is 22.2. The molecule has 0 saturated heterocycles. The van der Waals surface area contributed by atoms with Gasteiger partial charge in [0.1, 0.15) is 11.5 Å². The standard InChI is InChI=1S/C36H31NO2/c1-38-35-24-18-31(19-25-35)15-13-29-10-8-28(9-11-29)12-14-30-16-20-33(21-17-30)37(32-6-4-3-5-7-32)34-22-26-36(39-2)27-23-34/h3-27H,1-2H3/b14-12+,15-13+. The fourth-order valence-corrected chi connectivity index (χ4v) is 4.31. The number of anilines is 3. The molecule has 0 bridgehead atoms. The number of hydrogen-bond acceptors (Lipinski definition) is 3. The molecule has 0 heterocycles. The van der Waals surface area contributed by atoms with Crippen LogP contribution >= 0.6 is 0 Å². The summed E-state index contributed by atoms with van der Waals surface area (Å²) in [5, 5.41) is 0. The van der Waals surface area contributed by atoms with Gasteiger partial charge in [0.2, 0.25) is 0 Å². The van der Waals surface area contributed by atoms with E-state index in [9.17, 15) is 0 Å². The van der Waals surface area contributed by atoms with Crippen LogP contribution in [0.2, 0.25) is 0 Å². The normalized spacial score (nSPS) is 11.1. The van der Waals surface area contributed by atoms with Crippen molar-refractivity contribution in [2.75, 3.05) is 19.1 Å². The van der Waals surface area contributed by atoms with Crippen LogP contribution in [-0.4, -0.2) is 14.2 Å². The highest BCUT2D eigenvalue weighted by molar-refractivity contribution is 5.78. The predicted octanol–water partition coefficient (Wildman–Crippen LogP) is 9.51. The smallest absolute Gasteiger partial charge is 0.119 e. The molecule has 0 aliphatic heterocycles. The molecule has 39 heavy (non-hydrogen) atoms. The van der Waals surface area contributed by atoms with Crippen molar-refractivity contribution in [2.45, 2.75) is 0 Å². The van der Waals surface area contributed by atoms with Gasteiger partial charge >= 0.3 is 0 Å². The van der Waals surface area contributed by atoms with Crippen molar-refractivity contribution in [3.05, 3.63) is 150 Å². The van der Waals surface area contributed by atoms with Crippen molar-refractivity contribution in [3.8, 4) is 11.5 Å². The van der Waals surface area contributed by atoms with E-state index in [0.717, 1.165) is 50.8 Å². The molecular weight excluding hydrogens is 478 g/mol. The molecule has 0 atom stereocenters. The average Bonchev–Trinajstić information content (AvgIpc) is 3.01. The zero-order chi connectivity index (χ0) is 26.9. The Bertz CT molecular complexity index is 1520. The molecule has 0 spiro atoms. The molecule has 0 saturated carbocycles. The Balaban J connectivity index is 1.28. The third-order valence-corrected chi connectivity index (χ3v) is 6.49. The topological polar surface area (TPSA) is 21.7 Å². The molecule has 0 aromatic heterocycles. The van der Waals surface area contributed by atoms with Crippen molar-refractivity contribution in [1.82, 2.24) is 0 Å². The van der Waals surface area contributed by atoms with Crippen LogP contribution in [0.5, 0.6) is 11.5 Å². The van der Waals surface area contributed by atoms with Crippen LogP contribution in [-0.2, 0) is 0 Å². The Hall–Kier alpha value is -5.02. The molecule has 0 fully saturated rings. The maximum absolute atomic E-state index is 5.35. The molecule has 3 nitrogen and oxygen atoms in total. The first kappa shape index (κ1) is 25.6. The Kier molecular flexibility index (Phi) is 8.20. The van der Waals surface area contributed by atoms with Crippen LogP contribution in [0.15, 0.2) is 127 Å². The lowest BCUT2D eigenvalue weighted by Gasteiger charge is -2.25. The minimum atomic E-state index is 0.841. The molecule has 0 radical (unpaired) electrons. The van der Waals surface area contributed by atoms with E-state index in [0.29, 0.717) is 0 Å². The van der Waals surface area contributed by atoms with Gasteiger partial charge in [-0.1, -0.05) is 91.0 Å². The van der Waals surface area contributed by atoms with Crippen LogP contribution < -0.4 is 14.4 Å². The summed E-state index contributed by atoms with van der Waals surface area (Å²) in [7, 11) is 3.37. The Labute approximate surface area is 230 Å². The number of rotatable bonds is 9. The first-order valence-corrected chi connectivity index (χ1v) is 12.9. The molecule has 0 N–H and O–H groups in total. The molecule has 192 valence electrons. The van der Waals surface area contributed by atoms with E-state index in [1.54, 1.807) is 14.2 Å². The lowest BCUT2D eigenvalue weighted by Crippen LogP contribution is -2.09. The SMILES string of the molecule is COc1ccc(/C=C/c2ccc(/C=C/c3ccc(N(c4ccccc4)c4ccc(OC)cc4)cc3)cc2)cc1. The lowest BCUT2D eigenvalue weighted by atomic mass is 10.1. The van der Waals surface area contributed by atoms with E-state index in [1.165, 1.54) is 0 Å². The fraction of sp³-hybridized carbons (Fsp3) is 0.0556. The van der Waals surface area contributed by atoms with Gasteiger partial charge in [-0.3, -0.25) is 0 Å². The predicted molar refractivity (Wildman–Crippen MR) is 165 cm³/mol. The van der Waals surface area contributed by atoms with Gasteiger partial charge in [0, 0.05) is 17.1 Å². The zero-order valence-corrected chi connectivity index (χ0v) is 22.2. The summed E-state index contributed by atoms with van der Waals surface area (Å²) in [5.74, 6) is 1.71. The molecule has 5 aromatic carbocycles. The van der Waals surface area contributed by atoms with Gasteiger partial charge in [-0.15, -0.1) is 0 Å². The average molecular weight is 510 g/mol.